The van der Waals surface area contributed by atoms with E-state index in [0.717, 1.165) is 141 Å². The number of aliphatic hydroxyl groups excluding tert-OH is 1. The molecule has 0 aliphatic heterocycles. The highest BCUT2D eigenvalue weighted by Crippen LogP contribution is 2.08. The third-order valence-electron chi connectivity index (χ3n) is 11.0. The van der Waals surface area contributed by atoms with E-state index in [1.54, 1.807) is 0 Å². The van der Waals surface area contributed by atoms with Crippen LogP contribution < -0.4 is 0 Å². The maximum Gasteiger partial charge on any atom is 0.306 e. The molecule has 76 heavy (non-hydrogen) atoms. The number of carbonyl (C=O) groups is 2. The summed E-state index contributed by atoms with van der Waals surface area (Å²) < 4.78 is 10.6. The molecule has 0 aromatic carbocycles. The van der Waals surface area contributed by atoms with Gasteiger partial charge in [-0.2, -0.15) is 0 Å². The fourth-order valence-corrected chi connectivity index (χ4v) is 6.70. The zero-order chi connectivity index (χ0) is 54.8. The quantitative estimate of drug-likeness (QED) is 0.0373. The van der Waals surface area contributed by atoms with E-state index in [1.807, 2.05) is 0 Å². The summed E-state index contributed by atoms with van der Waals surface area (Å²) in [5.74, 6) is -0.736. The van der Waals surface area contributed by atoms with Crippen LogP contribution in [0.4, 0.5) is 0 Å². The summed E-state index contributed by atoms with van der Waals surface area (Å²) in [6.45, 7) is 3.80. The van der Waals surface area contributed by atoms with E-state index in [-0.39, 0.29) is 38.0 Å². The number of aliphatic hydroxyl groups is 1. The molecular formula is C71H102O5. The van der Waals surface area contributed by atoms with Crippen LogP contribution in [-0.4, -0.2) is 36.4 Å². The van der Waals surface area contributed by atoms with Gasteiger partial charge in [-0.1, -0.05) is 245 Å². The Bertz CT molecular complexity index is 1940. The Morgan fingerprint density at radius 2 is 0.526 bits per heavy atom. The lowest BCUT2D eigenvalue weighted by Crippen LogP contribution is -2.28. The lowest BCUT2D eigenvalue weighted by molar-refractivity contribution is -0.161. The van der Waals surface area contributed by atoms with Crippen LogP contribution in [0.5, 0.6) is 0 Å². The van der Waals surface area contributed by atoms with Crippen LogP contribution in [0.25, 0.3) is 0 Å². The van der Waals surface area contributed by atoms with E-state index in [1.165, 1.54) is 0 Å². The minimum absolute atomic E-state index is 0.133. The van der Waals surface area contributed by atoms with Gasteiger partial charge < -0.3 is 14.6 Å². The zero-order valence-electron chi connectivity index (χ0n) is 47.4. The van der Waals surface area contributed by atoms with Crippen LogP contribution in [0.1, 0.15) is 181 Å². The highest BCUT2D eigenvalue weighted by molar-refractivity contribution is 5.70. The number of hydrogen-bond donors (Lipinski definition) is 1. The van der Waals surface area contributed by atoms with Crippen molar-refractivity contribution in [3.8, 4) is 0 Å². The third kappa shape index (κ3) is 60.5. The monoisotopic (exact) mass is 1030 g/mol. The second kappa shape index (κ2) is 63.3. The molecule has 0 bridgehead atoms. The van der Waals surface area contributed by atoms with E-state index >= 15 is 0 Å². The second-order valence-corrected chi connectivity index (χ2v) is 17.9. The SMILES string of the molecule is CC/C=C\C/C=C\C/C=C\C/C=C\C/C=C\C/C=C\C/C=C\C/C=C\C/C=C\C/C=C\CCCCC(=O)OC(CO)COC(=O)CCC/C=C\C/C=C\C/C=C\C/C=C\C/C=C\C/C=C\C/C=C\C/C=C\C/C=C\CC. The van der Waals surface area contributed by atoms with Crippen molar-refractivity contribution < 1.29 is 24.2 Å². The molecule has 1 unspecified atom stereocenters. The van der Waals surface area contributed by atoms with Gasteiger partial charge >= 0.3 is 11.9 Å². The van der Waals surface area contributed by atoms with Gasteiger partial charge in [-0.25, -0.2) is 0 Å². The zero-order valence-corrected chi connectivity index (χ0v) is 47.4. The molecule has 0 saturated carbocycles. The maximum atomic E-state index is 12.3. The first-order chi connectivity index (χ1) is 37.6. The Morgan fingerprint density at radius 3 is 0.776 bits per heavy atom. The fourth-order valence-electron chi connectivity index (χ4n) is 6.70. The third-order valence-corrected chi connectivity index (χ3v) is 11.0. The summed E-state index contributed by atoms with van der Waals surface area (Å²) in [4.78, 5) is 24.5. The Morgan fingerprint density at radius 1 is 0.303 bits per heavy atom. The van der Waals surface area contributed by atoms with Crippen molar-refractivity contribution in [3.63, 3.8) is 0 Å². The molecule has 1 N–H and O–H groups in total. The average Bonchev–Trinajstić information content (AvgIpc) is 3.42. The molecule has 0 aliphatic carbocycles. The van der Waals surface area contributed by atoms with Gasteiger partial charge in [0.2, 0.25) is 0 Å². The van der Waals surface area contributed by atoms with Crippen LogP contribution in [0, 0.1) is 0 Å². The lowest BCUT2D eigenvalue weighted by atomic mass is 10.2. The Labute approximate surface area is 465 Å². The molecule has 1 atom stereocenters. The molecule has 416 valence electrons. The number of carbonyl (C=O) groups excluding carboxylic acids is 2. The molecule has 5 nitrogen and oxygen atoms in total. The van der Waals surface area contributed by atoms with Gasteiger partial charge in [-0.3, -0.25) is 9.59 Å². The number of allylic oxidation sites excluding steroid dienone is 38. The van der Waals surface area contributed by atoms with Crippen LogP contribution in [0.3, 0.4) is 0 Å². The van der Waals surface area contributed by atoms with E-state index in [4.69, 9.17) is 9.47 Å². The second-order valence-electron chi connectivity index (χ2n) is 17.9. The standard InChI is InChI=1S/C71H102O5/c1-3-5-7-9-11-13-15-17-19-21-23-25-27-29-31-33-34-35-36-38-40-42-44-46-48-50-52-54-56-58-60-62-64-66-71(74)76-69(67-72)68-75-70(73)65-63-61-59-57-55-53-51-49-47-45-43-41-39-37-32-30-28-26-24-22-20-18-16-14-12-10-8-6-4-2/h5-8,11-14,17-20,23-26,29-32,34-35,38-41,44-47,50-53,56-59,69,72H,3-4,9-10,15-16,21-22,27-28,33,36-37,42-43,48-49,54-55,60-68H2,1-2H3/b7-5-,8-6-,13-11-,14-12-,19-17-,20-18-,25-23-,26-24-,31-29-,32-30-,35-34-,40-38-,41-39-,46-44-,47-45-,52-50-,53-51-,58-56-,59-57-. The topological polar surface area (TPSA) is 72.8 Å². The molecular weight excluding hydrogens is 933 g/mol. The largest absolute Gasteiger partial charge is 0.462 e. The van der Waals surface area contributed by atoms with E-state index in [9.17, 15) is 14.7 Å². The summed E-state index contributed by atoms with van der Waals surface area (Å²) in [6.07, 6.45) is 106. The first-order valence-corrected chi connectivity index (χ1v) is 28.9. The van der Waals surface area contributed by atoms with Crippen LogP contribution in [0.2, 0.25) is 0 Å². The van der Waals surface area contributed by atoms with Crippen molar-refractivity contribution in [2.24, 2.45) is 0 Å². The van der Waals surface area contributed by atoms with Crippen molar-refractivity contribution in [1.29, 1.82) is 0 Å². The Kier molecular flexibility index (Phi) is 58.2. The van der Waals surface area contributed by atoms with Crippen molar-refractivity contribution >= 4 is 11.9 Å². The summed E-state index contributed by atoms with van der Waals surface area (Å²) in [5, 5.41) is 9.65. The average molecular weight is 1040 g/mol. The van der Waals surface area contributed by atoms with Gasteiger partial charge in [-0.15, -0.1) is 0 Å². The van der Waals surface area contributed by atoms with E-state index in [2.05, 4.69) is 245 Å². The molecule has 0 radical (unpaired) electrons. The lowest BCUT2D eigenvalue weighted by Gasteiger charge is -2.15. The smallest absolute Gasteiger partial charge is 0.306 e. The van der Waals surface area contributed by atoms with Gasteiger partial charge in [0, 0.05) is 12.8 Å². The summed E-state index contributed by atoms with van der Waals surface area (Å²) >= 11 is 0. The van der Waals surface area contributed by atoms with Crippen LogP contribution >= 0.6 is 0 Å². The van der Waals surface area contributed by atoms with Gasteiger partial charge in [0.1, 0.15) is 6.61 Å². The maximum absolute atomic E-state index is 12.3. The molecule has 0 amide bonds. The number of rotatable bonds is 49. The molecule has 0 aliphatic rings. The number of esters is 2. The normalized spacial score (nSPS) is 14.0. The summed E-state index contributed by atoms with van der Waals surface area (Å²) in [7, 11) is 0. The van der Waals surface area contributed by atoms with E-state index < -0.39 is 6.10 Å². The molecule has 0 spiro atoms. The molecule has 0 fully saturated rings. The number of ether oxygens (including phenoxy) is 2. The Hall–Kier alpha value is -6.04. The van der Waals surface area contributed by atoms with E-state index in [0.29, 0.717) is 12.8 Å². The van der Waals surface area contributed by atoms with Gasteiger partial charge in [0.25, 0.3) is 0 Å². The van der Waals surface area contributed by atoms with Crippen LogP contribution in [0.15, 0.2) is 231 Å². The molecule has 0 saturated heterocycles. The minimum Gasteiger partial charge on any atom is -0.462 e. The Balaban J connectivity index is 3.80. The first kappa shape index (κ1) is 70.0. The summed E-state index contributed by atoms with van der Waals surface area (Å²) in [5.41, 5.74) is 0. The van der Waals surface area contributed by atoms with Crippen molar-refractivity contribution in [2.45, 2.75) is 187 Å². The first-order valence-electron chi connectivity index (χ1n) is 28.9. The minimum atomic E-state index is -0.841. The number of unbranched alkanes of at least 4 members (excludes halogenated alkanes) is 3. The molecule has 0 heterocycles. The molecule has 0 rings (SSSR count). The van der Waals surface area contributed by atoms with Crippen LogP contribution in [-0.2, 0) is 19.1 Å². The fraction of sp³-hybridized carbons (Fsp3) is 0.437. The van der Waals surface area contributed by atoms with Gasteiger partial charge in [0.15, 0.2) is 6.10 Å². The van der Waals surface area contributed by atoms with Crippen molar-refractivity contribution in [2.75, 3.05) is 13.2 Å². The number of hydrogen-bond acceptors (Lipinski definition) is 5. The molecule has 5 heteroatoms. The highest BCUT2D eigenvalue weighted by atomic mass is 16.6. The predicted octanol–water partition coefficient (Wildman–Crippen LogP) is 20.2. The van der Waals surface area contributed by atoms with Crippen molar-refractivity contribution in [1.82, 2.24) is 0 Å². The van der Waals surface area contributed by atoms with Gasteiger partial charge in [0.05, 0.1) is 6.61 Å². The van der Waals surface area contributed by atoms with Crippen molar-refractivity contribution in [3.05, 3.63) is 231 Å². The molecule has 0 aromatic heterocycles. The predicted molar refractivity (Wildman–Crippen MR) is 333 cm³/mol. The summed E-state index contributed by atoms with van der Waals surface area (Å²) in [6, 6.07) is 0. The molecule has 0 aromatic rings. The van der Waals surface area contributed by atoms with Gasteiger partial charge in [-0.05, 0) is 154 Å². The highest BCUT2D eigenvalue weighted by Gasteiger charge is 2.16.